The zero-order valence-corrected chi connectivity index (χ0v) is 13.7. The van der Waals surface area contributed by atoms with Crippen LogP contribution in [0.5, 0.6) is 5.75 Å². The fraction of sp³-hybridized carbons (Fsp3) is 0.143. The van der Waals surface area contributed by atoms with Gasteiger partial charge in [0.2, 0.25) is 0 Å². The van der Waals surface area contributed by atoms with E-state index in [-0.39, 0.29) is 5.56 Å². The summed E-state index contributed by atoms with van der Waals surface area (Å²) in [5, 5.41) is 0. The summed E-state index contributed by atoms with van der Waals surface area (Å²) in [6.07, 6.45) is 5.26. The van der Waals surface area contributed by atoms with Crippen molar-refractivity contribution in [3.05, 3.63) is 93.7 Å². The Balaban J connectivity index is 1.75. The lowest BCUT2D eigenvalue weighted by Gasteiger charge is -2.08. The molecule has 4 heteroatoms. The fourth-order valence-electron chi connectivity index (χ4n) is 3.05. The van der Waals surface area contributed by atoms with Gasteiger partial charge in [-0.25, -0.2) is 4.98 Å². The molecule has 124 valence electrons. The minimum atomic E-state index is -0.147. The Morgan fingerprint density at radius 2 is 2.04 bits per heavy atom. The van der Waals surface area contributed by atoms with E-state index in [0.717, 1.165) is 29.9 Å². The predicted octanol–water partition coefficient (Wildman–Crippen LogP) is 3.49. The summed E-state index contributed by atoms with van der Waals surface area (Å²) in [6, 6.07) is 17.8. The van der Waals surface area contributed by atoms with Crippen molar-refractivity contribution in [1.29, 1.82) is 0 Å². The minimum absolute atomic E-state index is 0.147. The predicted molar refractivity (Wildman–Crippen MR) is 98.5 cm³/mol. The third-order valence-electron chi connectivity index (χ3n) is 4.27. The molecule has 1 aromatic heterocycles. The van der Waals surface area contributed by atoms with E-state index >= 15 is 0 Å². The second kappa shape index (κ2) is 6.77. The molecule has 25 heavy (non-hydrogen) atoms. The molecule has 1 aliphatic heterocycles. The second-order valence-corrected chi connectivity index (χ2v) is 6.08. The summed E-state index contributed by atoms with van der Waals surface area (Å²) in [5.74, 6) is 1.57. The molecule has 0 radical (unpaired) electrons. The molecule has 2 heterocycles. The number of rotatable bonds is 4. The molecule has 0 spiro atoms. The molecule has 0 saturated heterocycles. The number of H-pyrrole nitrogens is 1. The van der Waals surface area contributed by atoms with Crippen LogP contribution in [-0.4, -0.2) is 16.6 Å². The van der Waals surface area contributed by atoms with Crippen molar-refractivity contribution in [2.75, 3.05) is 6.61 Å². The average Bonchev–Trinajstić information content (AvgIpc) is 3.10. The highest BCUT2D eigenvalue weighted by Gasteiger charge is 2.12. The summed E-state index contributed by atoms with van der Waals surface area (Å²) in [6.45, 7) is 0.743. The van der Waals surface area contributed by atoms with Gasteiger partial charge in [-0.2, -0.15) is 0 Å². The van der Waals surface area contributed by atoms with Crippen molar-refractivity contribution >= 4 is 11.6 Å². The van der Waals surface area contributed by atoms with Crippen molar-refractivity contribution < 1.29 is 4.74 Å². The lowest BCUT2D eigenvalue weighted by molar-refractivity contribution is 0.357. The molecule has 4 nitrogen and oxygen atoms in total. The maximum atomic E-state index is 11.7. The molecule has 3 aromatic rings. The second-order valence-electron chi connectivity index (χ2n) is 6.08. The normalized spacial score (nSPS) is 13.4. The van der Waals surface area contributed by atoms with Gasteiger partial charge in [-0.1, -0.05) is 36.4 Å². The van der Waals surface area contributed by atoms with E-state index in [1.54, 1.807) is 6.20 Å². The number of nitrogens with one attached hydrogen (secondary N) is 1. The molecule has 1 aliphatic rings. The van der Waals surface area contributed by atoms with E-state index in [4.69, 9.17) is 4.74 Å². The minimum Gasteiger partial charge on any atom is -0.493 e. The summed E-state index contributed by atoms with van der Waals surface area (Å²) in [7, 11) is 0. The molecule has 0 amide bonds. The molecule has 0 saturated carbocycles. The van der Waals surface area contributed by atoms with Gasteiger partial charge in [-0.3, -0.25) is 4.79 Å². The van der Waals surface area contributed by atoms with Crippen LogP contribution < -0.4 is 10.3 Å². The molecule has 0 fully saturated rings. The van der Waals surface area contributed by atoms with Gasteiger partial charge >= 0.3 is 0 Å². The molecule has 4 rings (SSSR count). The maximum Gasteiger partial charge on any atom is 0.251 e. The summed E-state index contributed by atoms with van der Waals surface area (Å²) >= 11 is 0. The maximum absolute atomic E-state index is 11.7. The molecule has 0 atom stereocenters. The molecule has 0 aliphatic carbocycles. The van der Waals surface area contributed by atoms with Gasteiger partial charge in [0.25, 0.3) is 5.56 Å². The number of aromatic nitrogens is 2. The first-order chi connectivity index (χ1) is 12.3. The first kappa shape index (κ1) is 15.4. The zero-order chi connectivity index (χ0) is 17.1. The van der Waals surface area contributed by atoms with Crippen molar-refractivity contribution in [2.24, 2.45) is 0 Å². The SMILES string of the molecule is O=c1ccnc(/C(=C\c2ccc3c(c2)CCO3)Cc2ccccc2)[nH]1. The van der Waals surface area contributed by atoms with Crippen LogP contribution in [0.25, 0.3) is 11.6 Å². The Hall–Kier alpha value is -3.14. The zero-order valence-electron chi connectivity index (χ0n) is 13.7. The van der Waals surface area contributed by atoms with Gasteiger partial charge in [0, 0.05) is 25.1 Å². The molecular weight excluding hydrogens is 312 g/mol. The van der Waals surface area contributed by atoms with Gasteiger partial charge in [0.1, 0.15) is 11.6 Å². The molecule has 0 bridgehead atoms. The van der Waals surface area contributed by atoms with Crippen molar-refractivity contribution in [3.8, 4) is 5.75 Å². The largest absolute Gasteiger partial charge is 0.493 e. The quantitative estimate of drug-likeness (QED) is 0.797. The summed E-state index contributed by atoms with van der Waals surface area (Å²) in [5.41, 5.74) is 4.31. The average molecular weight is 330 g/mol. The molecular formula is C21H18N2O2. The first-order valence-corrected chi connectivity index (χ1v) is 8.34. The smallest absolute Gasteiger partial charge is 0.251 e. The van der Waals surface area contributed by atoms with Crippen molar-refractivity contribution in [1.82, 2.24) is 9.97 Å². The van der Waals surface area contributed by atoms with Crippen LogP contribution in [0.3, 0.4) is 0 Å². The number of fused-ring (bicyclic) bond motifs is 1. The number of ether oxygens (including phenoxy) is 1. The Labute approximate surface area is 145 Å². The fourth-order valence-corrected chi connectivity index (χ4v) is 3.05. The van der Waals surface area contributed by atoms with Crippen LogP contribution in [0.2, 0.25) is 0 Å². The highest BCUT2D eigenvalue weighted by Crippen LogP contribution is 2.28. The van der Waals surface area contributed by atoms with E-state index in [1.165, 1.54) is 17.2 Å². The molecule has 0 unspecified atom stereocenters. The van der Waals surface area contributed by atoms with E-state index < -0.39 is 0 Å². The number of hydrogen-bond acceptors (Lipinski definition) is 3. The number of benzene rings is 2. The first-order valence-electron chi connectivity index (χ1n) is 8.34. The molecule has 1 N–H and O–H groups in total. The Morgan fingerprint density at radius 3 is 2.88 bits per heavy atom. The summed E-state index contributed by atoms with van der Waals surface area (Å²) in [4.78, 5) is 18.9. The van der Waals surface area contributed by atoms with Gasteiger partial charge < -0.3 is 9.72 Å². The standard InChI is InChI=1S/C21H18N2O2/c24-20-8-10-22-21(23-20)18(12-15-4-2-1-3-5-15)14-16-6-7-19-17(13-16)9-11-25-19/h1-8,10,13-14H,9,11-12H2,(H,22,23,24)/b18-14-. The Kier molecular flexibility index (Phi) is 4.17. The number of allylic oxidation sites excluding steroid dienone is 1. The van der Waals surface area contributed by atoms with Gasteiger partial charge in [-0.05, 0) is 40.5 Å². The van der Waals surface area contributed by atoms with Gasteiger partial charge in [0.05, 0.1) is 6.61 Å². The number of hydrogen-bond donors (Lipinski definition) is 1. The van der Waals surface area contributed by atoms with E-state index in [0.29, 0.717) is 12.2 Å². The van der Waals surface area contributed by atoms with Crippen LogP contribution in [-0.2, 0) is 12.8 Å². The Morgan fingerprint density at radius 1 is 1.16 bits per heavy atom. The lowest BCUT2D eigenvalue weighted by atomic mass is 10.0. The van der Waals surface area contributed by atoms with Crippen LogP contribution >= 0.6 is 0 Å². The van der Waals surface area contributed by atoms with Crippen LogP contribution in [0.15, 0.2) is 65.6 Å². The summed E-state index contributed by atoms with van der Waals surface area (Å²) < 4.78 is 5.57. The van der Waals surface area contributed by atoms with Crippen LogP contribution in [0.1, 0.15) is 22.5 Å². The third kappa shape index (κ3) is 3.53. The van der Waals surface area contributed by atoms with E-state index in [1.807, 2.05) is 30.3 Å². The van der Waals surface area contributed by atoms with E-state index in [2.05, 4.69) is 34.2 Å². The molecule has 2 aromatic carbocycles. The van der Waals surface area contributed by atoms with Crippen LogP contribution in [0, 0.1) is 0 Å². The lowest BCUT2D eigenvalue weighted by Crippen LogP contribution is -2.09. The van der Waals surface area contributed by atoms with Gasteiger partial charge in [0.15, 0.2) is 0 Å². The highest BCUT2D eigenvalue weighted by molar-refractivity contribution is 5.80. The van der Waals surface area contributed by atoms with Gasteiger partial charge in [-0.15, -0.1) is 0 Å². The number of aromatic amines is 1. The number of nitrogens with zero attached hydrogens (tertiary/aromatic N) is 1. The topological polar surface area (TPSA) is 55.0 Å². The van der Waals surface area contributed by atoms with Crippen LogP contribution in [0.4, 0.5) is 0 Å². The van der Waals surface area contributed by atoms with Crippen molar-refractivity contribution in [2.45, 2.75) is 12.8 Å². The van der Waals surface area contributed by atoms with Crippen molar-refractivity contribution in [3.63, 3.8) is 0 Å². The Bertz CT molecular complexity index is 974. The third-order valence-corrected chi connectivity index (χ3v) is 4.27. The highest BCUT2D eigenvalue weighted by atomic mass is 16.5. The van der Waals surface area contributed by atoms with E-state index in [9.17, 15) is 4.79 Å². The monoisotopic (exact) mass is 330 g/mol.